The lowest BCUT2D eigenvalue weighted by Crippen LogP contribution is -2.34. The van der Waals surface area contributed by atoms with Crippen LogP contribution in [-0.2, 0) is 16.0 Å². The molecule has 10 nitrogen and oxygen atoms in total. The van der Waals surface area contributed by atoms with E-state index < -0.39 is 11.9 Å². The number of oxazole rings is 1. The van der Waals surface area contributed by atoms with Crippen molar-refractivity contribution in [2.45, 2.75) is 52.0 Å². The summed E-state index contributed by atoms with van der Waals surface area (Å²) in [6, 6.07) is 6.25. The minimum absolute atomic E-state index is 0.0665. The van der Waals surface area contributed by atoms with E-state index >= 15 is 0 Å². The number of piperidine rings is 1. The van der Waals surface area contributed by atoms with Gasteiger partial charge in [-0.25, -0.2) is 9.67 Å². The molecule has 32 heavy (non-hydrogen) atoms. The maximum absolute atomic E-state index is 11.2. The van der Waals surface area contributed by atoms with Crippen LogP contribution in [0.15, 0.2) is 22.6 Å². The summed E-state index contributed by atoms with van der Waals surface area (Å²) in [6.45, 7) is 6.82. The molecule has 2 aromatic heterocycles. The number of halogens is 1. The van der Waals surface area contributed by atoms with Gasteiger partial charge in [0.05, 0.1) is 6.42 Å². The van der Waals surface area contributed by atoms with Gasteiger partial charge < -0.3 is 20.2 Å². The van der Waals surface area contributed by atoms with Crippen molar-refractivity contribution < 1.29 is 19.1 Å². The Kier molecular flexibility index (Phi) is 7.34. The number of nitrogens with two attached hydrogens (primary N) is 1. The summed E-state index contributed by atoms with van der Waals surface area (Å²) in [4.78, 5) is 31.6. The number of hydrogen-bond acceptors (Lipinski definition) is 7. The Bertz CT molecular complexity index is 1100. The Morgan fingerprint density at radius 1 is 1.28 bits per heavy atom. The van der Waals surface area contributed by atoms with Crippen LogP contribution >= 0.6 is 11.6 Å². The second-order valence-corrected chi connectivity index (χ2v) is 8.39. The number of carbonyl (C=O) groups is 2. The van der Waals surface area contributed by atoms with Gasteiger partial charge in [0.2, 0.25) is 5.91 Å². The van der Waals surface area contributed by atoms with E-state index in [-0.39, 0.29) is 18.4 Å². The van der Waals surface area contributed by atoms with Crippen LogP contribution in [-0.4, -0.2) is 49.8 Å². The molecular formula is C21H27ClN6O4. The van der Waals surface area contributed by atoms with E-state index in [1.807, 2.05) is 16.8 Å². The first kappa shape index (κ1) is 23.5. The van der Waals surface area contributed by atoms with Crippen LogP contribution < -0.4 is 10.6 Å². The topological polar surface area (TPSA) is 140 Å². The average molecular weight is 463 g/mol. The first-order valence-corrected chi connectivity index (χ1v) is 10.8. The van der Waals surface area contributed by atoms with Gasteiger partial charge in [0.15, 0.2) is 11.4 Å². The number of benzene rings is 1. The fourth-order valence-corrected chi connectivity index (χ4v) is 3.78. The van der Waals surface area contributed by atoms with E-state index in [0.717, 1.165) is 44.2 Å². The SMILES string of the molecule is CC(=O)O.CC(C)n1nc(CC(N)=O)nc1C1CCN(c2nc3ccc(Cl)cc3o2)CC1. The summed E-state index contributed by atoms with van der Waals surface area (Å²) in [5, 5.41) is 12.5. The molecule has 0 saturated carbocycles. The molecule has 4 rings (SSSR count). The predicted molar refractivity (Wildman–Crippen MR) is 120 cm³/mol. The summed E-state index contributed by atoms with van der Waals surface area (Å²) in [5.74, 6) is 0.439. The number of aliphatic carboxylic acids is 1. The number of carbonyl (C=O) groups excluding carboxylic acids is 1. The van der Waals surface area contributed by atoms with Crippen molar-refractivity contribution in [2.24, 2.45) is 5.73 Å². The van der Waals surface area contributed by atoms with Crippen LogP contribution in [0.25, 0.3) is 11.1 Å². The number of fused-ring (bicyclic) bond motifs is 1. The number of carboxylic acid groups (broad SMARTS) is 1. The highest BCUT2D eigenvalue weighted by atomic mass is 35.5. The highest BCUT2D eigenvalue weighted by Crippen LogP contribution is 2.32. The van der Waals surface area contributed by atoms with Crippen LogP contribution in [0.3, 0.4) is 0 Å². The largest absolute Gasteiger partial charge is 0.481 e. The van der Waals surface area contributed by atoms with Gasteiger partial charge in [-0.1, -0.05) is 11.6 Å². The zero-order chi connectivity index (χ0) is 23.4. The molecule has 3 aromatic rings. The lowest BCUT2D eigenvalue weighted by atomic mass is 9.96. The van der Waals surface area contributed by atoms with E-state index in [2.05, 4.69) is 33.8 Å². The molecule has 1 saturated heterocycles. The van der Waals surface area contributed by atoms with E-state index in [1.165, 1.54) is 0 Å². The van der Waals surface area contributed by atoms with Crippen molar-refractivity contribution in [3.8, 4) is 0 Å². The second-order valence-electron chi connectivity index (χ2n) is 7.96. The third-order valence-corrected chi connectivity index (χ3v) is 5.23. The molecule has 1 aromatic carbocycles. The standard InChI is InChI=1S/C19H23ClN6O2.C2H4O2/c1-11(2)26-18(23-17(24-26)10-16(21)27)12-5-7-25(8-6-12)19-22-14-4-3-13(20)9-15(14)28-19;1-2(3)4/h3-4,9,11-12H,5-8,10H2,1-2H3,(H2,21,27);1H3,(H,3,4). The van der Waals surface area contributed by atoms with Crippen molar-refractivity contribution in [3.63, 3.8) is 0 Å². The third-order valence-electron chi connectivity index (χ3n) is 4.99. The zero-order valence-electron chi connectivity index (χ0n) is 18.3. The van der Waals surface area contributed by atoms with Gasteiger partial charge in [-0.2, -0.15) is 10.1 Å². The van der Waals surface area contributed by atoms with Gasteiger partial charge in [0, 0.05) is 43.1 Å². The molecular weight excluding hydrogens is 436 g/mol. The molecule has 0 unspecified atom stereocenters. The highest BCUT2D eigenvalue weighted by molar-refractivity contribution is 6.31. The third kappa shape index (κ3) is 5.76. The van der Waals surface area contributed by atoms with Gasteiger partial charge in [0.1, 0.15) is 11.3 Å². The summed E-state index contributed by atoms with van der Waals surface area (Å²) < 4.78 is 7.80. The molecule has 3 N–H and O–H groups in total. The molecule has 0 atom stereocenters. The Morgan fingerprint density at radius 3 is 2.53 bits per heavy atom. The molecule has 1 aliphatic rings. The molecule has 1 aliphatic heterocycles. The van der Waals surface area contributed by atoms with Crippen molar-refractivity contribution in [1.29, 1.82) is 0 Å². The molecule has 0 spiro atoms. The van der Waals surface area contributed by atoms with E-state index in [0.29, 0.717) is 22.4 Å². The number of carboxylic acids is 1. The van der Waals surface area contributed by atoms with Crippen molar-refractivity contribution in [3.05, 3.63) is 34.9 Å². The molecule has 0 bridgehead atoms. The number of aromatic nitrogens is 4. The summed E-state index contributed by atoms with van der Waals surface area (Å²) in [6.07, 6.45) is 1.87. The number of rotatable bonds is 5. The lowest BCUT2D eigenvalue weighted by molar-refractivity contribution is -0.134. The first-order valence-electron chi connectivity index (χ1n) is 10.4. The van der Waals surface area contributed by atoms with Crippen LogP contribution in [0, 0.1) is 0 Å². The molecule has 11 heteroatoms. The van der Waals surface area contributed by atoms with Crippen LogP contribution in [0.2, 0.25) is 5.02 Å². The zero-order valence-corrected chi connectivity index (χ0v) is 19.0. The second kappa shape index (κ2) is 9.99. The van der Waals surface area contributed by atoms with E-state index in [9.17, 15) is 4.79 Å². The van der Waals surface area contributed by atoms with Crippen LogP contribution in [0.5, 0.6) is 0 Å². The normalized spacial score (nSPS) is 14.5. The quantitative estimate of drug-likeness (QED) is 0.589. The summed E-state index contributed by atoms with van der Waals surface area (Å²) in [5.41, 5.74) is 6.80. The van der Waals surface area contributed by atoms with Gasteiger partial charge in [-0.3, -0.25) is 9.59 Å². The number of anilines is 1. The highest BCUT2D eigenvalue weighted by Gasteiger charge is 2.28. The van der Waals surface area contributed by atoms with Gasteiger partial charge in [0.25, 0.3) is 12.0 Å². The van der Waals surface area contributed by atoms with Gasteiger partial charge in [-0.15, -0.1) is 0 Å². The molecule has 0 aliphatic carbocycles. The Balaban J connectivity index is 0.000000668. The molecule has 1 fully saturated rings. The van der Waals surface area contributed by atoms with Gasteiger partial charge in [-0.05, 0) is 38.8 Å². The predicted octanol–water partition coefficient (Wildman–Crippen LogP) is 3.16. The van der Waals surface area contributed by atoms with Gasteiger partial charge >= 0.3 is 0 Å². The van der Waals surface area contributed by atoms with Crippen LogP contribution in [0.1, 0.15) is 57.2 Å². The number of amides is 1. The molecule has 3 heterocycles. The lowest BCUT2D eigenvalue weighted by Gasteiger charge is -2.30. The number of hydrogen-bond donors (Lipinski definition) is 2. The minimum atomic E-state index is -0.833. The van der Waals surface area contributed by atoms with E-state index in [4.69, 9.17) is 31.7 Å². The summed E-state index contributed by atoms with van der Waals surface area (Å²) in [7, 11) is 0. The average Bonchev–Trinajstić information content (AvgIpc) is 3.31. The van der Waals surface area contributed by atoms with Crippen molar-refractivity contribution in [1.82, 2.24) is 19.7 Å². The van der Waals surface area contributed by atoms with E-state index in [1.54, 1.807) is 6.07 Å². The minimum Gasteiger partial charge on any atom is -0.481 e. The van der Waals surface area contributed by atoms with Crippen LogP contribution in [0.4, 0.5) is 6.01 Å². The maximum atomic E-state index is 11.2. The fraction of sp³-hybridized carbons (Fsp3) is 0.476. The van der Waals surface area contributed by atoms with Crippen molar-refractivity contribution in [2.75, 3.05) is 18.0 Å². The summed E-state index contributed by atoms with van der Waals surface area (Å²) >= 11 is 6.03. The fourth-order valence-electron chi connectivity index (χ4n) is 3.62. The number of nitrogens with zero attached hydrogens (tertiary/aromatic N) is 5. The smallest absolute Gasteiger partial charge is 0.300 e. The first-order chi connectivity index (χ1) is 15.1. The maximum Gasteiger partial charge on any atom is 0.300 e. The Hall–Kier alpha value is -3.14. The Labute approximate surface area is 190 Å². The Morgan fingerprint density at radius 2 is 1.94 bits per heavy atom. The monoisotopic (exact) mass is 462 g/mol. The molecule has 0 radical (unpaired) electrons. The number of primary amides is 1. The molecule has 1 amide bonds. The molecule has 172 valence electrons. The van der Waals surface area contributed by atoms with Crippen molar-refractivity contribution >= 4 is 40.6 Å².